The van der Waals surface area contributed by atoms with Crippen LogP contribution in [0, 0.1) is 53.3 Å². The minimum atomic E-state index is 0.155. The Morgan fingerprint density at radius 1 is 0.684 bits per heavy atom. The lowest BCUT2D eigenvalue weighted by atomic mass is 9.62. The molecule has 0 radical (unpaired) electrons. The molecule has 5 rings (SSSR count). The fraction of sp³-hybridized carbons (Fsp3) is 1.00. The topological polar surface area (TPSA) is 18.5 Å². The van der Waals surface area contributed by atoms with Gasteiger partial charge in [-0.05, 0) is 66.6 Å². The van der Waals surface area contributed by atoms with Gasteiger partial charge in [-0.15, -0.1) is 0 Å². The summed E-state index contributed by atoms with van der Waals surface area (Å²) >= 11 is 0. The normalized spacial score (nSPS) is 63.2. The molecule has 2 nitrogen and oxygen atoms in total. The van der Waals surface area contributed by atoms with Gasteiger partial charge in [0.05, 0.1) is 13.2 Å². The molecule has 106 valence electrons. The Kier molecular flexibility index (Phi) is 2.29. The van der Waals surface area contributed by atoms with Gasteiger partial charge in [0, 0.05) is 5.92 Å². The van der Waals surface area contributed by atoms with Gasteiger partial charge in [-0.1, -0.05) is 13.8 Å². The van der Waals surface area contributed by atoms with Crippen LogP contribution in [0.4, 0.5) is 0 Å². The Hall–Kier alpha value is -0.0800. The van der Waals surface area contributed by atoms with Crippen LogP contribution in [0.15, 0.2) is 0 Å². The van der Waals surface area contributed by atoms with Crippen molar-refractivity contribution in [2.24, 2.45) is 53.3 Å². The van der Waals surface area contributed by atoms with E-state index in [0.717, 1.165) is 66.5 Å². The molecule has 1 heterocycles. The molecule has 0 spiro atoms. The molecule has 2 heteroatoms. The fourth-order valence-electron chi connectivity index (χ4n) is 7.21. The first-order valence-electron chi connectivity index (χ1n) is 8.49. The van der Waals surface area contributed by atoms with Crippen LogP contribution in [-0.2, 0) is 9.47 Å². The van der Waals surface area contributed by atoms with Gasteiger partial charge in [0.1, 0.15) is 0 Å². The summed E-state index contributed by atoms with van der Waals surface area (Å²) in [4.78, 5) is 0. The van der Waals surface area contributed by atoms with E-state index in [1.165, 1.54) is 12.8 Å². The molecule has 4 aliphatic carbocycles. The maximum absolute atomic E-state index is 5.84. The lowest BCUT2D eigenvalue weighted by Crippen LogP contribution is -2.41. The van der Waals surface area contributed by atoms with Crippen LogP contribution in [-0.4, -0.2) is 19.5 Å². The van der Waals surface area contributed by atoms with E-state index in [-0.39, 0.29) is 6.29 Å². The van der Waals surface area contributed by atoms with Crippen LogP contribution in [0.3, 0.4) is 0 Å². The Morgan fingerprint density at radius 3 is 2.05 bits per heavy atom. The van der Waals surface area contributed by atoms with Crippen molar-refractivity contribution < 1.29 is 9.47 Å². The Balaban J connectivity index is 1.44. The molecular formula is C17H26O2. The minimum Gasteiger partial charge on any atom is -0.350 e. The van der Waals surface area contributed by atoms with Crippen molar-refractivity contribution in [1.29, 1.82) is 0 Å². The number of ether oxygens (including phenoxy) is 2. The largest absolute Gasteiger partial charge is 0.350 e. The zero-order valence-electron chi connectivity index (χ0n) is 12.1. The van der Waals surface area contributed by atoms with Crippen molar-refractivity contribution in [3.63, 3.8) is 0 Å². The lowest BCUT2D eigenvalue weighted by Gasteiger charge is -2.44. The highest BCUT2D eigenvalue weighted by Gasteiger charge is 2.66. The third kappa shape index (κ3) is 1.31. The molecule has 5 fully saturated rings. The maximum atomic E-state index is 5.84. The predicted molar refractivity (Wildman–Crippen MR) is 72.3 cm³/mol. The van der Waals surface area contributed by atoms with Crippen molar-refractivity contribution in [3.05, 3.63) is 0 Å². The standard InChI is InChI=1S/C17H26O2/c1-8-9(2)12-7-11(8)15-10-5-13(16(12)15)14(6-10)17-18-3-4-19-17/h8-17H,3-7H2,1-2H3. The van der Waals surface area contributed by atoms with Crippen LogP contribution in [0.5, 0.6) is 0 Å². The third-order valence-electron chi connectivity index (χ3n) is 7.89. The molecule has 5 aliphatic rings. The van der Waals surface area contributed by atoms with Crippen LogP contribution in [0.25, 0.3) is 0 Å². The first-order chi connectivity index (χ1) is 9.25. The molecule has 1 aliphatic heterocycles. The monoisotopic (exact) mass is 262 g/mol. The second kappa shape index (κ2) is 3.76. The molecule has 0 aromatic rings. The molecular weight excluding hydrogens is 236 g/mol. The first-order valence-corrected chi connectivity index (χ1v) is 8.49. The molecule has 0 amide bonds. The van der Waals surface area contributed by atoms with Gasteiger partial charge in [-0.2, -0.15) is 0 Å². The van der Waals surface area contributed by atoms with Gasteiger partial charge in [0.25, 0.3) is 0 Å². The van der Waals surface area contributed by atoms with Crippen LogP contribution in [0.1, 0.15) is 33.1 Å². The second-order valence-electron chi connectivity index (χ2n) is 8.11. The van der Waals surface area contributed by atoms with E-state index in [1.807, 2.05) is 0 Å². The van der Waals surface area contributed by atoms with Gasteiger partial charge < -0.3 is 9.47 Å². The quantitative estimate of drug-likeness (QED) is 0.676. The summed E-state index contributed by atoms with van der Waals surface area (Å²) in [6.07, 6.45) is 4.60. The number of rotatable bonds is 1. The van der Waals surface area contributed by atoms with Crippen molar-refractivity contribution in [2.45, 2.75) is 39.4 Å². The van der Waals surface area contributed by atoms with Gasteiger partial charge >= 0.3 is 0 Å². The molecule has 9 unspecified atom stereocenters. The van der Waals surface area contributed by atoms with Crippen molar-refractivity contribution in [3.8, 4) is 0 Å². The highest BCUT2D eigenvalue weighted by Crippen LogP contribution is 2.71. The summed E-state index contributed by atoms with van der Waals surface area (Å²) in [5, 5.41) is 0. The predicted octanol–water partition coefficient (Wildman–Crippen LogP) is 3.17. The molecule has 4 bridgehead atoms. The van der Waals surface area contributed by atoms with Gasteiger partial charge in [0.15, 0.2) is 6.29 Å². The molecule has 19 heavy (non-hydrogen) atoms. The molecule has 0 aromatic heterocycles. The van der Waals surface area contributed by atoms with Crippen molar-refractivity contribution in [1.82, 2.24) is 0 Å². The summed E-state index contributed by atoms with van der Waals surface area (Å²) in [6, 6.07) is 0. The number of hydrogen-bond donors (Lipinski definition) is 0. The van der Waals surface area contributed by atoms with Crippen LogP contribution >= 0.6 is 0 Å². The molecule has 9 atom stereocenters. The van der Waals surface area contributed by atoms with Crippen LogP contribution in [0.2, 0.25) is 0 Å². The van der Waals surface area contributed by atoms with Crippen molar-refractivity contribution >= 4 is 0 Å². The third-order valence-corrected chi connectivity index (χ3v) is 7.89. The molecule has 4 saturated carbocycles. The molecule has 0 aromatic carbocycles. The zero-order chi connectivity index (χ0) is 12.7. The van der Waals surface area contributed by atoms with Crippen LogP contribution < -0.4 is 0 Å². The summed E-state index contributed by atoms with van der Waals surface area (Å²) in [5.41, 5.74) is 0. The molecule has 0 N–H and O–H groups in total. The zero-order valence-corrected chi connectivity index (χ0v) is 12.1. The Bertz CT molecular complexity index is 389. The minimum absolute atomic E-state index is 0.155. The Labute approximate surface area is 116 Å². The summed E-state index contributed by atoms with van der Waals surface area (Å²) in [5.74, 6) is 8.85. The summed E-state index contributed by atoms with van der Waals surface area (Å²) in [6.45, 7) is 6.70. The highest BCUT2D eigenvalue weighted by molar-refractivity contribution is 5.14. The summed E-state index contributed by atoms with van der Waals surface area (Å²) < 4.78 is 11.7. The summed E-state index contributed by atoms with van der Waals surface area (Å²) in [7, 11) is 0. The van der Waals surface area contributed by atoms with E-state index in [9.17, 15) is 0 Å². The van der Waals surface area contributed by atoms with E-state index in [0.29, 0.717) is 0 Å². The average molecular weight is 262 g/mol. The first kappa shape index (κ1) is 11.6. The van der Waals surface area contributed by atoms with Gasteiger partial charge in [0.2, 0.25) is 0 Å². The van der Waals surface area contributed by atoms with E-state index in [4.69, 9.17) is 9.47 Å². The van der Waals surface area contributed by atoms with E-state index < -0.39 is 0 Å². The molecule has 1 saturated heterocycles. The van der Waals surface area contributed by atoms with E-state index >= 15 is 0 Å². The maximum Gasteiger partial charge on any atom is 0.160 e. The SMILES string of the molecule is CC1C(C)C2CC1C1C3CC(C4OCCO4)C(C3)C21. The second-order valence-corrected chi connectivity index (χ2v) is 8.11. The lowest BCUT2D eigenvalue weighted by molar-refractivity contribution is -0.116. The van der Waals surface area contributed by atoms with Gasteiger partial charge in [-0.25, -0.2) is 0 Å². The average Bonchev–Trinajstić information content (AvgIpc) is 3.14. The van der Waals surface area contributed by atoms with Crippen molar-refractivity contribution in [2.75, 3.05) is 13.2 Å². The number of fused-ring (bicyclic) bond motifs is 9. The fourth-order valence-corrected chi connectivity index (χ4v) is 7.21. The van der Waals surface area contributed by atoms with E-state index in [2.05, 4.69) is 13.8 Å². The smallest absolute Gasteiger partial charge is 0.160 e. The van der Waals surface area contributed by atoms with Gasteiger partial charge in [-0.3, -0.25) is 0 Å². The Morgan fingerprint density at radius 2 is 1.32 bits per heavy atom. The highest BCUT2D eigenvalue weighted by atomic mass is 16.7. The number of hydrogen-bond acceptors (Lipinski definition) is 2. The van der Waals surface area contributed by atoms with E-state index in [1.54, 1.807) is 6.42 Å².